The van der Waals surface area contributed by atoms with Gasteiger partial charge in [-0.3, -0.25) is 9.59 Å². The van der Waals surface area contributed by atoms with Crippen LogP contribution in [0.2, 0.25) is 5.02 Å². The molecule has 1 atom stereocenters. The number of halogens is 1. The third-order valence-electron chi connectivity index (χ3n) is 4.16. The quantitative estimate of drug-likeness (QED) is 0.729. The Kier molecular flexibility index (Phi) is 6.22. The molecule has 4 nitrogen and oxygen atoms in total. The lowest BCUT2D eigenvalue weighted by atomic mass is 10.1. The molecule has 0 aliphatic carbocycles. The molecule has 0 saturated heterocycles. The number of hydrogen-bond acceptors (Lipinski definition) is 4. The van der Waals surface area contributed by atoms with Gasteiger partial charge in [0.1, 0.15) is 0 Å². The van der Waals surface area contributed by atoms with Gasteiger partial charge in [-0.2, -0.15) is 0 Å². The summed E-state index contributed by atoms with van der Waals surface area (Å²) in [5.74, 6) is -0.622. The molecule has 0 fully saturated rings. The molecule has 0 spiro atoms. The zero-order chi connectivity index (χ0) is 18.5. The van der Waals surface area contributed by atoms with Crippen LogP contribution in [0, 0.1) is 0 Å². The van der Waals surface area contributed by atoms with Crippen molar-refractivity contribution in [1.29, 1.82) is 0 Å². The van der Waals surface area contributed by atoms with E-state index in [2.05, 4.69) is 6.92 Å². The van der Waals surface area contributed by atoms with Gasteiger partial charge in [-0.05, 0) is 36.2 Å². The molecular weight excluding hydrogens is 370 g/mol. The molecule has 136 valence electrons. The fourth-order valence-electron chi connectivity index (χ4n) is 2.79. The highest BCUT2D eigenvalue weighted by Crippen LogP contribution is 2.37. The highest BCUT2D eigenvalue weighted by atomic mass is 35.5. The fraction of sp³-hybridized carbons (Fsp3) is 0.300. The summed E-state index contributed by atoms with van der Waals surface area (Å²) in [5.41, 5.74) is 1.69. The van der Waals surface area contributed by atoms with Gasteiger partial charge in [0, 0.05) is 21.7 Å². The Morgan fingerprint density at radius 2 is 1.92 bits per heavy atom. The lowest BCUT2D eigenvalue weighted by Gasteiger charge is -2.22. The number of esters is 1. The Labute approximate surface area is 162 Å². The van der Waals surface area contributed by atoms with Crippen LogP contribution in [0.25, 0.3) is 0 Å². The number of anilines is 1. The van der Waals surface area contributed by atoms with Crippen molar-refractivity contribution in [2.45, 2.75) is 29.9 Å². The number of rotatable bonds is 4. The van der Waals surface area contributed by atoms with E-state index in [1.165, 1.54) is 0 Å². The molecule has 0 saturated carbocycles. The first-order valence-corrected chi connectivity index (χ1v) is 9.75. The number of ether oxygens (including phenoxy) is 1. The van der Waals surface area contributed by atoms with Crippen LogP contribution >= 0.6 is 23.4 Å². The Hall–Kier alpha value is -1.98. The maximum Gasteiger partial charge on any atom is 0.310 e. The van der Waals surface area contributed by atoms with Crippen LogP contribution in [0.4, 0.5) is 5.69 Å². The molecule has 0 radical (unpaired) electrons. The zero-order valence-corrected chi connectivity index (χ0v) is 16.1. The number of nitrogens with zero attached hydrogens (tertiary/aromatic N) is 1. The third kappa shape index (κ3) is 4.80. The second-order valence-corrected chi connectivity index (χ2v) is 8.11. The maximum absolute atomic E-state index is 12.6. The van der Waals surface area contributed by atoms with Crippen molar-refractivity contribution in [3.63, 3.8) is 0 Å². The van der Waals surface area contributed by atoms with E-state index in [-0.39, 0.29) is 18.9 Å². The number of para-hydroxylation sites is 1. The largest absolute Gasteiger partial charge is 0.455 e. The Morgan fingerprint density at radius 3 is 2.69 bits per heavy atom. The molecule has 2 aromatic rings. The molecule has 6 heteroatoms. The van der Waals surface area contributed by atoms with Gasteiger partial charge in [-0.15, -0.1) is 11.8 Å². The van der Waals surface area contributed by atoms with Crippen LogP contribution in [0.1, 0.15) is 18.9 Å². The summed E-state index contributed by atoms with van der Waals surface area (Å²) >= 11 is 7.60. The predicted octanol–water partition coefficient (Wildman–Crippen LogP) is 4.34. The van der Waals surface area contributed by atoms with E-state index in [4.69, 9.17) is 16.3 Å². The number of fused-ring (bicyclic) bond motifs is 1. The summed E-state index contributed by atoms with van der Waals surface area (Å²) in [6.45, 7) is 2.53. The van der Waals surface area contributed by atoms with Crippen LogP contribution in [-0.2, 0) is 20.7 Å². The second-order valence-electron chi connectivity index (χ2n) is 6.19. The minimum atomic E-state index is -0.425. The van der Waals surface area contributed by atoms with Crippen molar-refractivity contribution in [3.8, 4) is 0 Å². The molecule has 0 bridgehead atoms. The number of carbonyl (C=O) groups is 2. The molecule has 1 aliphatic heterocycles. The monoisotopic (exact) mass is 389 g/mol. The van der Waals surface area contributed by atoms with Crippen LogP contribution in [0.3, 0.4) is 0 Å². The summed E-state index contributed by atoms with van der Waals surface area (Å²) in [5, 5.41) is 1.05. The second kappa shape index (κ2) is 8.60. The topological polar surface area (TPSA) is 46.6 Å². The lowest BCUT2D eigenvalue weighted by molar-refractivity contribution is -0.147. The van der Waals surface area contributed by atoms with Gasteiger partial charge in [0.2, 0.25) is 0 Å². The lowest BCUT2D eigenvalue weighted by Crippen LogP contribution is -2.36. The maximum atomic E-state index is 12.6. The normalized spacial score (nSPS) is 16.5. The van der Waals surface area contributed by atoms with Gasteiger partial charge in [-0.1, -0.05) is 42.8 Å². The predicted molar refractivity (Wildman–Crippen MR) is 105 cm³/mol. The van der Waals surface area contributed by atoms with Gasteiger partial charge in [-0.25, -0.2) is 0 Å². The molecule has 2 aromatic carbocycles. The molecule has 26 heavy (non-hydrogen) atoms. The van der Waals surface area contributed by atoms with E-state index >= 15 is 0 Å². The minimum Gasteiger partial charge on any atom is -0.455 e. The standard InChI is InChI=1S/C20H20ClNO3S/c1-14-10-11-22(17-4-2-3-5-18(17)26-14)19(23)13-25-20(24)12-15-6-8-16(21)9-7-15/h2-9,14H,10-13H2,1H3. The number of benzene rings is 2. The summed E-state index contributed by atoms with van der Waals surface area (Å²) in [4.78, 5) is 27.5. The molecule has 1 unspecified atom stereocenters. The van der Waals surface area contributed by atoms with Crippen molar-refractivity contribution < 1.29 is 14.3 Å². The van der Waals surface area contributed by atoms with Gasteiger partial charge in [0.15, 0.2) is 6.61 Å². The summed E-state index contributed by atoms with van der Waals surface area (Å²) in [6, 6.07) is 14.8. The van der Waals surface area contributed by atoms with E-state index in [1.807, 2.05) is 24.3 Å². The summed E-state index contributed by atoms with van der Waals surface area (Å²) in [7, 11) is 0. The number of hydrogen-bond donors (Lipinski definition) is 0. The number of carbonyl (C=O) groups excluding carboxylic acids is 2. The fourth-order valence-corrected chi connectivity index (χ4v) is 4.02. The van der Waals surface area contributed by atoms with Crippen LogP contribution < -0.4 is 4.90 Å². The third-order valence-corrected chi connectivity index (χ3v) is 5.65. The van der Waals surface area contributed by atoms with Gasteiger partial charge in [0.05, 0.1) is 12.1 Å². The van der Waals surface area contributed by atoms with Crippen molar-refractivity contribution >= 4 is 40.9 Å². The number of thioether (sulfide) groups is 1. The highest BCUT2D eigenvalue weighted by molar-refractivity contribution is 8.00. The summed E-state index contributed by atoms with van der Waals surface area (Å²) in [6.07, 6.45) is 1.01. The average Bonchev–Trinajstić information content (AvgIpc) is 2.80. The number of amides is 1. The Bertz CT molecular complexity index is 794. The van der Waals surface area contributed by atoms with Gasteiger partial charge >= 0.3 is 5.97 Å². The van der Waals surface area contributed by atoms with Crippen molar-refractivity contribution in [2.75, 3.05) is 18.1 Å². The van der Waals surface area contributed by atoms with E-state index in [1.54, 1.807) is 40.9 Å². The zero-order valence-electron chi connectivity index (χ0n) is 14.5. The van der Waals surface area contributed by atoms with Crippen LogP contribution in [0.5, 0.6) is 0 Å². The van der Waals surface area contributed by atoms with E-state index in [0.717, 1.165) is 22.6 Å². The van der Waals surface area contributed by atoms with Crippen molar-refractivity contribution in [3.05, 3.63) is 59.1 Å². The first-order valence-electron chi connectivity index (χ1n) is 8.49. The SMILES string of the molecule is CC1CCN(C(=O)COC(=O)Cc2ccc(Cl)cc2)c2ccccc2S1. The Balaban J connectivity index is 1.61. The molecule has 0 N–H and O–H groups in total. The minimum absolute atomic E-state index is 0.119. The molecule has 3 rings (SSSR count). The van der Waals surface area contributed by atoms with Crippen molar-refractivity contribution in [1.82, 2.24) is 0 Å². The first kappa shape index (κ1) is 18.8. The molecular formula is C20H20ClNO3S. The molecule has 1 amide bonds. The molecule has 1 heterocycles. The van der Waals surface area contributed by atoms with Crippen LogP contribution in [-0.4, -0.2) is 30.3 Å². The van der Waals surface area contributed by atoms with Crippen LogP contribution in [0.15, 0.2) is 53.4 Å². The van der Waals surface area contributed by atoms with Gasteiger partial charge in [0.25, 0.3) is 5.91 Å². The summed E-state index contributed by atoms with van der Waals surface area (Å²) < 4.78 is 5.20. The van der Waals surface area contributed by atoms with Gasteiger partial charge < -0.3 is 9.64 Å². The van der Waals surface area contributed by atoms with Crippen molar-refractivity contribution in [2.24, 2.45) is 0 Å². The van der Waals surface area contributed by atoms with E-state index < -0.39 is 5.97 Å². The molecule has 1 aliphatic rings. The average molecular weight is 390 g/mol. The first-order chi connectivity index (χ1) is 12.5. The molecule has 0 aromatic heterocycles. The van der Waals surface area contributed by atoms with E-state index in [0.29, 0.717) is 16.8 Å². The highest BCUT2D eigenvalue weighted by Gasteiger charge is 2.24. The van der Waals surface area contributed by atoms with E-state index in [9.17, 15) is 9.59 Å². The smallest absolute Gasteiger partial charge is 0.310 e. The Morgan fingerprint density at radius 1 is 1.19 bits per heavy atom.